The number of nitrogen functional groups attached to an aromatic ring is 1. The van der Waals surface area contributed by atoms with Crippen LogP contribution in [0.2, 0.25) is 0 Å². The van der Waals surface area contributed by atoms with Crippen LogP contribution in [0.15, 0.2) is 24.3 Å². The SMILES string of the molecule is CCC1CN(C(C)c2ccc(N)cc2)CCN1C. The van der Waals surface area contributed by atoms with Crippen LogP contribution in [0.3, 0.4) is 0 Å². The van der Waals surface area contributed by atoms with Crippen LogP contribution >= 0.6 is 0 Å². The molecule has 1 fully saturated rings. The summed E-state index contributed by atoms with van der Waals surface area (Å²) in [5, 5.41) is 0. The molecule has 1 aromatic rings. The van der Waals surface area contributed by atoms with Crippen molar-refractivity contribution in [2.45, 2.75) is 32.4 Å². The molecule has 0 amide bonds. The van der Waals surface area contributed by atoms with Crippen molar-refractivity contribution in [2.24, 2.45) is 0 Å². The number of hydrogen-bond donors (Lipinski definition) is 1. The van der Waals surface area contributed by atoms with Gasteiger partial charge in [-0.1, -0.05) is 19.1 Å². The summed E-state index contributed by atoms with van der Waals surface area (Å²) in [5.74, 6) is 0. The van der Waals surface area contributed by atoms with Crippen molar-refractivity contribution in [2.75, 3.05) is 32.4 Å². The first-order chi connectivity index (χ1) is 8.61. The van der Waals surface area contributed by atoms with Crippen molar-refractivity contribution in [3.8, 4) is 0 Å². The third-order valence-electron chi connectivity index (χ3n) is 4.25. The summed E-state index contributed by atoms with van der Waals surface area (Å²) in [5.41, 5.74) is 7.95. The zero-order chi connectivity index (χ0) is 13.1. The molecule has 1 aliphatic heterocycles. The highest BCUT2D eigenvalue weighted by molar-refractivity contribution is 5.40. The number of hydrogen-bond acceptors (Lipinski definition) is 3. The molecule has 1 heterocycles. The molecule has 0 spiro atoms. The van der Waals surface area contributed by atoms with Crippen molar-refractivity contribution >= 4 is 5.69 Å². The Bertz CT molecular complexity index is 374. The van der Waals surface area contributed by atoms with Crippen molar-refractivity contribution in [3.63, 3.8) is 0 Å². The molecule has 0 bridgehead atoms. The summed E-state index contributed by atoms with van der Waals surface area (Å²) in [7, 11) is 2.24. The maximum Gasteiger partial charge on any atom is 0.0321 e. The predicted octanol–water partition coefficient (Wildman–Crippen LogP) is 2.36. The minimum absolute atomic E-state index is 0.480. The summed E-state index contributed by atoms with van der Waals surface area (Å²) < 4.78 is 0. The Morgan fingerprint density at radius 2 is 1.94 bits per heavy atom. The Morgan fingerprint density at radius 1 is 1.28 bits per heavy atom. The van der Waals surface area contributed by atoms with Gasteiger partial charge in [-0.25, -0.2) is 0 Å². The van der Waals surface area contributed by atoms with E-state index in [0.717, 1.165) is 18.8 Å². The van der Waals surface area contributed by atoms with E-state index >= 15 is 0 Å². The third kappa shape index (κ3) is 2.85. The van der Waals surface area contributed by atoms with Gasteiger partial charge in [0, 0.05) is 37.4 Å². The highest BCUT2D eigenvalue weighted by atomic mass is 15.3. The second kappa shape index (κ2) is 5.72. The van der Waals surface area contributed by atoms with Crippen LogP contribution in [0.25, 0.3) is 0 Å². The van der Waals surface area contributed by atoms with Gasteiger partial charge in [0.05, 0.1) is 0 Å². The molecule has 0 radical (unpaired) electrons. The lowest BCUT2D eigenvalue weighted by molar-refractivity contribution is 0.0675. The number of nitrogens with two attached hydrogens (primary N) is 1. The highest BCUT2D eigenvalue weighted by Crippen LogP contribution is 2.24. The molecule has 100 valence electrons. The van der Waals surface area contributed by atoms with Gasteiger partial charge in [0.25, 0.3) is 0 Å². The molecular formula is C15H25N3. The van der Waals surface area contributed by atoms with E-state index in [1.54, 1.807) is 0 Å². The van der Waals surface area contributed by atoms with Gasteiger partial charge in [-0.15, -0.1) is 0 Å². The molecule has 2 unspecified atom stereocenters. The number of likely N-dealkylation sites (N-methyl/N-ethyl adjacent to an activating group) is 1. The molecule has 2 N–H and O–H groups in total. The van der Waals surface area contributed by atoms with E-state index in [1.807, 2.05) is 12.1 Å². The zero-order valence-electron chi connectivity index (χ0n) is 11.8. The van der Waals surface area contributed by atoms with Gasteiger partial charge in [0.2, 0.25) is 0 Å². The van der Waals surface area contributed by atoms with E-state index in [-0.39, 0.29) is 0 Å². The van der Waals surface area contributed by atoms with Crippen LogP contribution in [0.5, 0.6) is 0 Å². The number of nitrogens with zero attached hydrogens (tertiary/aromatic N) is 2. The van der Waals surface area contributed by atoms with Gasteiger partial charge in [-0.05, 0) is 38.1 Å². The quantitative estimate of drug-likeness (QED) is 0.832. The maximum atomic E-state index is 5.75. The van der Waals surface area contributed by atoms with Gasteiger partial charge >= 0.3 is 0 Å². The number of benzene rings is 1. The average Bonchev–Trinajstić information content (AvgIpc) is 2.39. The highest BCUT2D eigenvalue weighted by Gasteiger charge is 2.26. The lowest BCUT2D eigenvalue weighted by Crippen LogP contribution is -2.51. The average molecular weight is 247 g/mol. The molecule has 0 aromatic heterocycles. The second-order valence-corrected chi connectivity index (χ2v) is 5.38. The molecule has 3 heteroatoms. The van der Waals surface area contributed by atoms with E-state index < -0.39 is 0 Å². The normalized spacial score (nSPS) is 24.1. The summed E-state index contributed by atoms with van der Waals surface area (Å²) >= 11 is 0. The molecule has 2 rings (SSSR count). The third-order valence-corrected chi connectivity index (χ3v) is 4.25. The van der Waals surface area contributed by atoms with Crippen LogP contribution < -0.4 is 5.73 Å². The van der Waals surface area contributed by atoms with Gasteiger partial charge in [-0.2, -0.15) is 0 Å². The first-order valence-electron chi connectivity index (χ1n) is 6.91. The lowest BCUT2D eigenvalue weighted by atomic mass is 10.0. The Balaban J connectivity index is 2.05. The smallest absolute Gasteiger partial charge is 0.0321 e. The first kappa shape index (κ1) is 13.4. The number of piperazine rings is 1. The van der Waals surface area contributed by atoms with Gasteiger partial charge < -0.3 is 10.6 Å². The lowest BCUT2D eigenvalue weighted by Gasteiger charge is -2.42. The van der Waals surface area contributed by atoms with Crippen LogP contribution in [0.4, 0.5) is 5.69 Å². The molecule has 0 saturated carbocycles. The van der Waals surface area contributed by atoms with Crippen molar-refractivity contribution in [1.82, 2.24) is 9.80 Å². The van der Waals surface area contributed by atoms with Crippen LogP contribution in [-0.2, 0) is 0 Å². The molecular weight excluding hydrogens is 222 g/mol. The van der Waals surface area contributed by atoms with Crippen molar-refractivity contribution < 1.29 is 0 Å². The van der Waals surface area contributed by atoms with Crippen LogP contribution in [0.1, 0.15) is 31.9 Å². The first-order valence-corrected chi connectivity index (χ1v) is 6.91. The fourth-order valence-electron chi connectivity index (χ4n) is 2.75. The molecule has 1 aliphatic rings. The second-order valence-electron chi connectivity index (χ2n) is 5.38. The Labute approximate surface area is 111 Å². The molecule has 0 aliphatic carbocycles. The fourth-order valence-corrected chi connectivity index (χ4v) is 2.75. The van der Waals surface area contributed by atoms with Crippen LogP contribution in [0, 0.1) is 0 Å². The molecule has 1 saturated heterocycles. The minimum Gasteiger partial charge on any atom is -0.399 e. The number of rotatable bonds is 3. The van der Waals surface area contributed by atoms with Gasteiger partial charge in [-0.3, -0.25) is 4.90 Å². The van der Waals surface area contributed by atoms with E-state index in [2.05, 4.69) is 42.8 Å². The fraction of sp³-hybridized carbons (Fsp3) is 0.600. The van der Waals surface area contributed by atoms with Crippen molar-refractivity contribution in [3.05, 3.63) is 29.8 Å². The van der Waals surface area contributed by atoms with E-state index in [9.17, 15) is 0 Å². The molecule has 2 atom stereocenters. The Hall–Kier alpha value is -1.06. The number of anilines is 1. The molecule has 1 aromatic carbocycles. The van der Waals surface area contributed by atoms with Crippen LogP contribution in [-0.4, -0.2) is 42.5 Å². The molecule has 18 heavy (non-hydrogen) atoms. The Kier molecular flexibility index (Phi) is 4.25. The largest absolute Gasteiger partial charge is 0.399 e. The van der Waals surface area contributed by atoms with E-state index in [0.29, 0.717) is 12.1 Å². The molecule has 3 nitrogen and oxygen atoms in total. The predicted molar refractivity (Wildman–Crippen MR) is 77.6 cm³/mol. The minimum atomic E-state index is 0.480. The van der Waals surface area contributed by atoms with Gasteiger partial charge in [0.15, 0.2) is 0 Å². The summed E-state index contributed by atoms with van der Waals surface area (Å²) in [6.45, 7) is 8.05. The Morgan fingerprint density at radius 3 is 2.56 bits per heavy atom. The standard InChI is InChI=1S/C15H25N3/c1-4-15-11-18(10-9-17(15)3)12(2)13-5-7-14(16)8-6-13/h5-8,12,15H,4,9-11,16H2,1-3H3. The topological polar surface area (TPSA) is 32.5 Å². The summed E-state index contributed by atoms with van der Waals surface area (Å²) in [6, 6.07) is 9.47. The summed E-state index contributed by atoms with van der Waals surface area (Å²) in [4.78, 5) is 5.06. The maximum absolute atomic E-state index is 5.75. The monoisotopic (exact) mass is 247 g/mol. The van der Waals surface area contributed by atoms with E-state index in [4.69, 9.17) is 5.73 Å². The van der Waals surface area contributed by atoms with Gasteiger partial charge in [0.1, 0.15) is 0 Å². The summed E-state index contributed by atoms with van der Waals surface area (Å²) in [6.07, 6.45) is 1.22. The van der Waals surface area contributed by atoms with Crippen molar-refractivity contribution in [1.29, 1.82) is 0 Å². The van der Waals surface area contributed by atoms with E-state index in [1.165, 1.54) is 18.5 Å². The zero-order valence-corrected chi connectivity index (χ0v) is 11.8.